The standard InChI is InChI=1S/C14H12N2O/c1-10-13-9-12(17)7-8-14(13)16(15-10)11-5-3-2-4-6-11/h2-9,17H,1H3. The molecule has 1 heterocycles. The normalized spacial score (nSPS) is 10.9. The number of hydrogen-bond donors (Lipinski definition) is 1. The average Bonchev–Trinajstić information content (AvgIpc) is 2.68. The van der Waals surface area contributed by atoms with Gasteiger partial charge in [-0.05, 0) is 37.3 Å². The second kappa shape index (κ2) is 3.63. The lowest BCUT2D eigenvalue weighted by molar-refractivity contribution is 0.476. The highest BCUT2D eigenvalue weighted by molar-refractivity contribution is 5.84. The summed E-state index contributed by atoms with van der Waals surface area (Å²) in [5.74, 6) is 0.271. The van der Waals surface area contributed by atoms with E-state index in [1.165, 1.54) is 0 Å². The number of nitrogens with zero attached hydrogens (tertiary/aromatic N) is 2. The third-order valence-electron chi connectivity index (χ3n) is 2.85. The van der Waals surface area contributed by atoms with Crippen LogP contribution in [0.4, 0.5) is 0 Å². The Morgan fingerprint density at radius 3 is 2.59 bits per heavy atom. The molecule has 1 aromatic heterocycles. The van der Waals surface area contributed by atoms with E-state index in [4.69, 9.17) is 0 Å². The summed E-state index contributed by atoms with van der Waals surface area (Å²) in [6.07, 6.45) is 0. The fourth-order valence-corrected chi connectivity index (χ4v) is 2.02. The van der Waals surface area contributed by atoms with Crippen molar-refractivity contribution in [3.8, 4) is 11.4 Å². The average molecular weight is 224 g/mol. The first kappa shape index (κ1) is 9.90. The molecule has 0 radical (unpaired) electrons. The van der Waals surface area contributed by atoms with Gasteiger partial charge in [-0.3, -0.25) is 0 Å². The van der Waals surface area contributed by atoms with E-state index >= 15 is 0 Å². The second-order valence-electron chi connectivity index (χ2n) is 4.03. The van der Waals surface area contributed by atoms with Gasteiger partial charge in [-0.25, -0.2) is 4.68 Å². The molecule has 0 spiro atoms. The number of phenols is 1. The van der Waals surface area contributed by atoms with Crippen LogP contribution < -0.4 is 0 Å². The van der Waals surface area contributed by atoms with Gasteiger partial charge in [0.25, 0.3) is 0 Å². The molecule has 3 aromatic rings. The molecular weight excluding hydrogens is 212 g/mol. The summed E-state index contributed by atoms with van der Waals surface area (Å²) in [6, 6.07) is 15.3. The quantitative estimate of drug-likeness (QED) is 0.690. The Hall–Kier alpha value is -2.29. The highest BCUT2D eigenvalue weighted by Gasteiger charge is 2.08. The van der Waals surface area contributed by atoms with Gasteiger partial charge in [0.1, 0.15) is 5.75 Å². The number of rotatable bonds is 1. The summed E-state index contributed by atoms with van der Waals surface area (Å²) in [7, 11) is 0. The number of hydrogen-bond acceptors (Lipinski definition) is 2. The van der Waals surface area contributed by atoms with Crippen molar-refractivity contribution in [1.29, 1.82) is 0 Å². The van der Waals surface area contributed by atoms with Crippen molar-refractivity contribution >= 4 is 10.9 Å². The molecule has 0 aliphatic rings. The predicted octanol–water partition coefficient (Wildman–Crippen LogP) is 3.04. The van der Waals surface area contributed by atoms with Crippen molar-refractivity contribution in [2.24, 2.45) is 0 Å². The summed E-state index contributed by atoms with van der Waals surface area (Å²) in [4.78, 5) is 0. The predicted molar refractivity (Wildman–Crippen MR) is 67.5 cm³/mol. The van der Waals surface area contributed by atoms with Gasteiger partial charge in [0.2, 0.25) is 0 Å². The molecule has 3 nitrogen and oxygen atoms in total. The minimum Gasteiger partial charge on any atom is -0.508 e. The summed E-state index contributed by atoms with van der Waals surface area (Å²) >= 11 is 0. The van der Waals surface area contributed by atoms with Crippen LogP contribution in [-0.4, -0.2) is 14.9 Å². The lowest BCUT2D eigenvalue weighted by Crippen LogP contribution is -1.95. The van der Waals surface area contributed by atoms with Crippen molar-refractivity contribution in [2.75, 3.05) is 0 Å². The molecule has 0 aliphatic heterocycles. The summed E-state index contributed by atoms with van der Waals surface area (Å²) < 4.78 is 1.89. The van der Waals surface area contributed by atoms with Crippen molar-refractivity contribution in [1.82, 2.24) is 9.78 Å². The second-order valence-corrected chi connectivity index (χ2v) is 4.03. The number of aryl methyl sites for hydroxylation is 1. The Bertz CT molecular complexity index is 671. The first-order chi connectivity index (χ1) is 8.25. The number of para-hydroxylation sites is 1. The summed E-state index contributed by atoms with van der Waals surface area (Å²) in [5.41, 5.74) is 2.95. The lowest BCUT2D eigenvalue weighted by Gasteiger charge is -2.02. The number of fused-ring (bicyclic) bond motifs is 1. The molecule has 1 N–H and O–H groups in total. The number of aromatic hydroxyl groups is 1. The van der Waals surface area contributed by atoms with Crippen LogP contribution in [0.25, 0.3) is 16.6 Å². The van der Waals surface area contributed by atoms with Crippen LogP contribution in [0.2, 0.25) is 0 Å². The zero-order valence-corrected chi connectivity index (χ0v) is 9.46. The molecule has 0 saturated heterocycles. The van der Waals surface area contributed by atoms with E-state index in [0.717, 1.165) is 22.3 Å². The summed E-state index contributed by atoms with van der Waals surface area (Å²) in [6.45, 7) is 1.95. The smallest absolute Gasteiger partial charge is 0.116 e. The number of phenolic OH excluding ortho intramolecular Hbond substituents is 1. The molecular formula is C14H12N2O. The monoisotopic (exact) mass is 224 g/mol. The molecule has 0 aliphatic carbocycles. The van der Waals surface area contributed by atoms with Crippen molar-refractivity contribution in [3.63, 3.8) is 0 Å². The van der Waals surface area contributed by atoms with E-state index in [1.54, 1.807) is 12.1 Å². The van der Waals surface area contributed by atoms with Gasteiger partial charge in [0.15, 0.2) is 0 Å². The fourth-order valence-electron chi connectivity index (χ4n) is 2.02. The van der Waals surface area contributed by atoms with Crippen LogP contribution in [0.1, 0.15) is 5.69 Å². The van der Waals surface area contributed by atoms with Gasteiger partial charge >= 0.3 is 0 Å². The van der Waals surface area contributed by atoms with Crippen LogP contribution in [0, 0.1) is 6.92 Å². The van der Waals surface area contributed by atoms with E-state index in [-0.39, 0.29) is 5.75 Å². The largest absolute Gasteiger partial charge is 0.508 e. The Labute approximate surface area is 98.9 Å². The van der Waals surface area contributed by atoms with Gasteiger partial charge in [0.05, 0.1) is 16.9 Å². The highest BCUT2D eigenvalue weighted by Crippen LogP contribution is 2.25. The molecule has 0 atom stereocenters. The fraction of sp³-hybridized carbons (Fsp3) is 0.0714. The molecule has 2 aromatic carbocycles. The van der Waals surface area contributed by atoms with Crippen LogP contribution in [0.5, 0.6) is 5.75 Å². The van der Waals surface area contributed by atoms with Crippen LogP contribution in [0.15, 0.2) is 48.5 Å². The van der Waals surface area contributed by atoms with E-state index < -0.39 is 0 Å². The molecule has 17 heavy (non-hydrogen) atoms. The van der Waals surface area contributed by atoms with E-state index in [0.29, 0.717) is 0 Å². The molecule has 3 rings (SSSR count). The van der Waals surface area contributed by atoms with Gasteiger partial charge < -0.3 is 5.11 Å². The molecule has 3 heteroatoms. The minimum atomic E-state index is 0.271. The molecule has 0 saturated carbocycles. The van der Waals surface area contributed by atoms with Crippen molar-refractivity contribution in [3.05, 3.63) is 54.2 Å². The van der Waals surface area contributed by atoms with E-state index in [9.17, 15) is 5.11 Å². The topological polar surface area (TPSA) is 38.0 Å². The van der Waals surface area contributed by atoms with Gasteiger partial charge in [-0.2, -0.15) is 5.10 Å². The van der Waals surface area contributed by atoms with Crippen LogP contribution in [0.3, 0.4) is 0 Å². The highest BCUT2D eigenvalue weighted by atomic mass is 16.3. The lowest BCUT2D eigenvalue weighted by atomic mass is 10.2. The van der Waals surface area contributed by atoms with Crippen LogP contribution >= 0.6 is 0 Å². The molecule has 0 unspecified atom stereocenters. The maximum absolute atomic E-state index is 9.50. The van der Waals surface area contributed by atoms with Crippen LogP contribution in [-0.2, 0) is 0 Å². The molecule has 0 bridgehead atoms. The Morgan fingerprint density at radius 1 is 1.06 bits per heavy atom. The maximum atomic E-state index is 9.50. The van der Waals surface area contributed by atoms with Gasteiger partial charge in [-0.1, -0.05) is 18.2 Å². The summed E-state index contributed by atoms with van der Waals surface area (Å²) in [5, 5.41) is 15.0. The Morgan fingerprint density at radius 2 is 1.82 bits per heavy atom. The maximum Gasteiger partial charge on any atom is 0.116 e. The number of aromatic nitrogens is 2. The first-order valence-corrected chi connectivity index (χ1v) is 5.49. The SMILES string of the molecule is Cc1nn(-c2ccccc2)c2ccc(O)cc12. The molecule has 84 valence electrons. The Balaban J connectivity index is 2.32. The van der Waals surface area contributed by atoms with Crippen molar-refractivity contribution in [2.45, 2.75) is 6.92 Å². The van der Waals surface area contributed by atoms with E-state index in [2.05, 4.69) is 5.10 Å². The third-order valence-corrected chi connectivity index (χ3v) is 2.85. The first-order valence-electron chi connectivity index (χ1n) is 5.49. The minimum absolute atomic E-state index is 0.271. The molecule has 0 fully saturated rings. The van der Waals surface area contributed by atoms with Gasteiger partial charge in [-0.15, -0.1) is 0 Å². The van der Waals surface area contributed by atoms with E-state index in [1.807, 2.05) is 48.0 Å². The molecule has 0 amide bonds. The number of benzene rings is 2. The van der Waals surface area contributed by atoms with Gasteiger partial charge in [0, 0.05) is 5.39 Å². The Kier molecular flexibility index (Phi) is 2.11. The third kappa shape index (κ3) is 1.56. The zero-order chi connectivity index (χ0) is 11.8. The van der Waals surface area contributed by atoms with Crippen molar-refractivity contribution < 1.29 is 5.11 Å². The zero-order valence-electron chi connectivity index (χ0n) is 9.46.